The Labute approximate surface area is 138 Å². The number of hydrogen-bond donors (Lipinski definition) is 1. The number of aryl methyl sites for hydroxylation is 2. The summed E-state index contributed by atoms with van der Waals surface area (Å²) >= 11 is 0. The molecule has 122 valence electrons. The lowest BCUT2D eigenvalue weighted by molar-refractivity contribution is 0.374. The lowest BCUT2D eigenvalue weighted by Crippen LogP contribution is -2.47. The minimum absolute atomic E-state index is 0.175. The first-order valence-corrected chi connectivity index (χ1v) is 8.33. The second kappa shape index (κ2) is 6.71. The lowest BCUT2D eigenvalue weighted by atomic mass is 9.88. The van der Waals surface area contributed by atoms with Crippen molar-refractivity contribution >= 4 is 5.69 Å². The van der Waals surface area contributed by atoms with Crippen molar-refractivity contribution in [1.82, 2.24) is 0 Å². The zero-order valence-corrected chi connectivity index (χ0v) is 13.9. The number of anilines is 1. The van der Waals surface area contributed by atoms with Crippen molar-refractivity contribution in [1.29, 1.82) is 0 Å². The van der Waals surface area contributed by atoms with Crippen LogP contribution in [0, 0.1) is 25.6 Å². The Morgan fingerprint density at radius 2 is 1.78 bits per heavy atom. The maximum Gasteiger partial charge on any atom is 0.123 e. The van der Waals surface area contributed by atoms with E-state index in [1.807, 2.05) is 12.1 Å². The predicted molar refractivity (Wildman–Crippen MR) is 94.3 cm³/mol. The van der Waals surface area contributed by atoms with E-state index in [1.165, 1.54) is 22.4 Å². The van der Waals surface area contributed by atoms with Crippen molar-refractivity contribution in [3.8, 4) is 0 Å². The van der Waals surface area contributed by atoms with E-state index in [1.54, 1.807) is 12.1 Å². The van der Waals surface area contributed by atoms with E-state index in [4.69, 9.17) is 5.73 Å². The van der Waals surface area contributed by atoms with Crippen molar-refractivity contribution in [3.63, 3.8) is 0 Å². The Morgan fingerprint density at radius 1 is 1.04 bits per heavy atom. The molecule has 2 atom stereocenters. The highest BCUT2D eigenvalue weighted by molar-refractivity contribution is 5.51. The quantitative estimate of drug-likeness (QED) is 0.933. The average molecular weight is 312 g/mol. The van der Waals surface area contributed by atoms with Crippen LogP contribution in [0.3, 0.4) is 0 Å². The van der Waals surface area contributed by atoms with Crippen LogP contribution in [0.4, 0.5) is 10.1 Å². The molecule has 0 aromatic heterocycles. The van der Waals surface area contributed by atoms with Gasteiger partial charge in [-0.25, -0.2) is 4.39 Å². The van der Waals surface area contributed by atoms with Gasteiger partial charge in [0.15, 0.2) is 0 Å². The molecule has 2 nitrogen and oxygen atoms in total. The fraction of sp³-hybridized carbons (Fsp3) is 0.400. The summed E-state index contributed by atoms with van der Waals surface area (Å²) in [6.07, 6.45) is 1.98. The van der Waals surface area contributed by atoms with Gasteiger partial charge in [0.2, 0.25) is 0 Å². The van der Waals surface area contributed by atoms with Crippen LogP contribution in [0.25, 0.3) is 0 Å². The zero-order chi connectivity index (χ0) is 16.4. The van der Waals surface area contributed by atoms with E-state index in [0.717, 1.165) is 25.9 Å². The Hall–Kier alpha value is -1.87. The normalized spacial score (nSPS) is 21.5. The summed E-state index contributed by atoms with van der Waals surface area (Å²) in [6, 6.07) is 13.7. The molecule has 0 spiro atoms. The molecule has 0 radical (unpaired) electrons. The van der Waals surface area contributed by atoms with E-state index >= 15 is 0 Å². The Bertz CT molecular complexity index is 666. The maximum atomic E-state index is 13.1. The second-order valence-electron chi connectivity index (χ2n) is 6.87. The van der Waals surface area contributed by atoms with Crippen LogP contribution < -0.4 is 10.6 Å². The van der Waals surface area contributed by atoms with Gasteiger partial charge in [-0.3, -0.25) is 0 Å². The number of hydrogen-bond acceptors (Lipinski definition) is 2. The van der Waals surface area contributed by atoms with Crippen LogP contribution in [0.1, 0.15) is 23.1 Å². The molecular formula is C20H25FN2. The number of nitrogens with two attached hydrogens (primary N) is 1. The summed E-state index contributed by atoms with van der Waals surface area (Å²) in [5.41, 5.74) is 11.4. The second-order valence-corrected chi connectivity index (χ2v) is 6.87. The number of rotatable bonds is 3. The van der Waals surface area contributed by atoms with Crippen LogP contribution in [0.5, 0.6) is 0 Å². The first-order valence-electron chi connectivity index (χ1n) is 8.33. The SMILES string of the molecule is Cc1ccc(N2CC(N)CC(Cc3ccc(F)cc3)C2)cc1C. The lowest BCUT2D eigenvalue weighted by Gasteiger charge is -2.38. The zero-order valence-electron chi connectivity index (χ0n) is 13.9. The van der Waals surface area contributed by atoms with Crippen molar-refractivity contribution in [2.24, 2.45) is 11.7 Å². The third-order valence-electron chi connectivity index (χ3n) is 4.86. The van der Waals surface area contributed by atoms with E-state index in [0.29, 0.717) is 5.92 Å². The summed E-state index contributed by atoms with van der Waals surface area (Å²) in [5.74, 6) is 0.330. The standard InChI is InChI=1S/C20H25FN2/c1-14-3-8-20(9-15(14)2)23-12-17(11-19(22)13-23)10-16-4-6-18(21)7-5-16/h3-9,17,19H,10-13,22H2,1-2H3. The van der Waals surface area contributed by atoms with Gasteiger partial charge in [0.1, 0.15) is 5.82 Å². The highest BCUT2D eigenvalue weighted by Gasteiger charge is 2.25. The summed E-state index contributed by atoms with van der Waals surface area (Å²) in [7, 11) is 0. The first-order chi connectivity index (χ1) is 11.0. The van der Waals surface area contributed by atoms with Gasteiger partial charge in [0, 0.05) is 24.8 Å². The van der Waals surface area contributed by atoms with E-state index < -0.39 is 0 Å². The van der Waals surface area contributed by atoms with Crippen LogP contribution in [-0.4, -0.2) is 19.1 Å². The van der Waals surface area contributed by atoms with Gasteiger partial charge >= 0.3 is 0 Å². The van der Waals surface area contributed by atoms with Crippen molar-refractivity contribution in [2.75, 3.05) is 18.0 Å². The predicted octanol–water partition coefficient (Wildman–Crippen LogP) is 3.84. The molecule has 0 aliphatic carbocycles. The minimum atomic E-state index is -0.175. The van der Waals surface area contributed by atoms with Gasteiger partial charge in [-0.15, -0.1) is 0 Å². The molecule has 1 saturated heterocycles. The van der Waals surface area contributed by atoms with Gasteiger partial charge in [0.05, 0.1) is 0 Å². The van der Waals surface area contributed by atoms with Crippen LogP contribution in [0.2, 0.25) is 0 Å². The van der Waals surface area contributed by atoms with Crippen LogP contribution in [-0.2, 0) is 6.42 Å². The molecule has 2 aromatic carbocycles. The average Bonchev–Trinajstić information content (AvgIpc) is 2.52. The van der Waals surface area contributed by atoms with Crippen LogP contribution in [0.15, 0.2) is 42.5 Å². The van der Waals surface area contributed by atoms with E-state index in [-0.39, 0.29) is 11.9 Å². The topological polar surface area (TPSA) is 29.3 Å². The summed E-state index contributed by atoms with van der Waals surface area (Å²) in [4.78, 5) is 2.40. The number of nitrogens with zero attached hydrogens (tertiary/aromatic N) is 1. The molecule has 0 saturated carbocycles. The molecule has 1 aliphatic heterocycles. The number of benzene rings is 2. The number of halogens is 1. The molecule has 23 heavy (non-hydrogen) atoms. The summed E-state index contributed by atoms with van der Waals surface area (Å²) in [5, 5.41) is 0. The molecule has 2 N–H and O–H groups in total. The number of piperidine rings is 1. The molecule has 2 aromatic rings. The molecule has 0 amide bonds. The van der Waals surface area contributed by atoms with E-state index in [2.05, 4.69) is 36.9 Å². The molecule has 2 unspecified atom stereocenters. The summed E-state index contributed by atoms with van der Waals surface area (Å²) < 4.78 is 13.1. The van der Waals surface area contributed by atoms with Crippen LogP contribution >= 0.6 is 0 Å². The molecular weight excluding hydrogens is 287 g/mol. The monoisotopic (exact) mass is 312 g/mol. The molecule has 3 heteroatoms. The highest BCUT2D eigenvalue weighted by Crippen LogP contribution is 2.26. The van der Waals surface area contributed by atoms with Crippen molar-refractivity contribution in [2.45, 2.75) is 32.7 Å². The van der Waals surface area contributed by atoms with Gasteiger partial charge < -0.3 is 10.6 Å². The van der Waals surface area contributed by atoms with E-state index in [9.17, 15) is 4.39 Å². The fourth-order valence-electron chi connectivity index (χ4n) is 3.48. The maximum absolute atomic E-state index is 13.1. The smallest absolute Gasteiger partial charge is 0.123 e. The first kappa shape index (κ1) is 16.0. The van der Waals surface area contributed by atoms with Gasteiger partial charge in [0.25, 0.3) is 0 Å². The molecule has 1 aliphatic rings. The van der Waals surface area contributed by atoms with Crippen molar-refractivity contribution in [3.05, 3.63) is 65.0 Å². The third-order valence-corrected chi connectivity index (χ3v) is 4.86. The Kier molecular flexibility index (Phi) is 4.67. The molecule has 1 heterocycles. The molecule has 1 fully saturated rings. The molecule has 3 rings (SSSR count). The van der Waals surface area contributed by atoms with Gasteiger partial charge in [-0.2, -0.15) is 0 Å². The van der Waals surface area contributed by atoms with Crippen molar-refractivity contribution < 1.29 is 4.39 Å². The van der Waals surface area contributed by atoms with Gasteiger partial charge in [-0.1, -0.05) is 18.2 Å². The van der Waals surface area contributed by atoms with Gasteiger partial charge in [-0.05, 0) is 73.6 Å². The molecule has 0 bridgehead atoms. The summed E-state index contributed by atoms with van der Waals surface area (Å²) in [6.45, 7) is 6.20. The highest BCUT2D eigenvalue weighted by atomic mass is 19.1. The Balaban J connectivity index is 1.73. The fourth-order valence-corrected chi connectivity index (χ4v) is 3.48. The Morgan fingerprint density at radius 3 is 2.48 bits per heavy atom. The largest absolute Gasteiger partial charge is 0.370 e. The minimum Gasteiger partial charge on any atom is -0.370 e. The third kappa shape index (κ3) is 3.91.